The third-order valence-electron chi connectivity index (χ3n) is 5.04. The molecule has 1 aliphatic rings. The van der Waals surface area contributed by atoms with Crippen LogP contribution in [-0.4, -0.2) is 69.3 Å². The smallest absolute Gasteiger partial charge is 0.243 e. The number of aryl methyl sites for hydroxylation is 1. The summed E-state index contributed by atoms with van der Waals surface area (Å²) < 4.78 is 49.8. The Morgan fingerprint density at radius 1 is 1.26 bits per heavy atom. The number of anilines is 1. The van der Waals surface area contributed by atoms with Crippen LogP contribution in [0.1, 0.15) is 32.3 Å². The minimum atomic E-state index is -3.59. The van der Waals surface area contributed by atoms with Gasteiger partial charge in [0.15, 0.2) is 14.9 Å². The van der Waals surface area contributed by atoms with Gasteiger partial charge in [0.25, 0.3) is 0 Å². The predicted octanol–water partition coefficient (Wildman–Crippen LogP) is 1.01. The number of carbonyl (C=O) groups excluding carboxylic acids is 1. The number of sulfonamides is 1. The number of nitrogens with zero attached hydrogens (tertiary/aromatic N) is 1. The molecule has 0 radical (unpaired) electrons. The maximum Gasteiger partial charge on any atom is 0.243 e. The third kappa shape index (κ3) is 7.13. The van der Waals surface area contributed by atoms with Crippen LogP contribution in [-0.2, 0) is 24.7 Å². The molecule has 0 aliphatic carbocycles. The van der Waals surface area contributed by atoms with Crippen molar-refractivity contribution < 1.29 is 21.6 Å². The Kier molecular flexibility index (Phi) is 8.81. The first kappa shape index (κ1) is 25.5. The van der Waals surface area contributed by atoms with Crippen molar-refractivity contribution in [1.29, 1.82) is 0 Å². The summed E-state index contributed by atoms with van der Waals surface area (Å²) >= 11 is 5.26. The van der Waals surface area contributed by atoms with E-state index in [0.717, 1.165) is 5.56 Å². The zero-order valence-electron chi connectivity index (χ0n) is 18.0. The molecule has 9 nitrogen and oxygen atoms in total. The highest BCUT2D eigenvalue weighted by Crippen LogP contribution is 2.23. The first-order valence-electron chi connectivity index (χ1n) is 10.1. The first-order chi connectivity index (χ1) is 14.5. The number of hydrogen-bond acceptors (Lipinski definition) is 6. The molecule has 1 aliphatic heterocycles. The van der Waals surface area contributed by atoms with Gasteiger partial charge in [0, 0.05) is 37.8 Å². The molecular formula is C19H30N4O5S3. The number of sulfone groups is 1. The maximum absolute atomic E-state index is 12.7. The van der Waals surface area contributed by atoms with E-state index >= 15 is 0 Å². The molecular weight excluding hydrogens is 460 g/mol. The van der Waals surface area contributed by atoms with E-state index in [1.165, 1.54) is 4.31 Å². The fraction of sp³-hybridized carbons (Fsp3) is 0.579. The Balaban J connectivity index is 1.90. The number of rotatable bonds is 9. The van der Waals surface area contributed by atoms with Crippen LogP contribution < -0.4 is 16.0 Å². The molecule has 1 aromatic carbocycles. The van der Waals surface area contributed by atoms with Crippen LogP contribution in [0.2, 0.25) is 0 Å². The molecule has 1 aromatic rings. The van der Waals surface area contributed by atoms with Crippen molar-refractivity contribution in [3.8, 4) is 0 Å². The second-order valence-corrected chi connectivity index (χ2v) is 11.9. The monoisotopic (exact) mass is 490 g/mol. The summed E-state index contributed by atoms with van der Waals surface area (Å²) in [6, 6.07) is 4.49. The summed E-state index contributed by atoms with van der Waals surface area (Å²) in [7, 11) is -6.63. The standard InChI is InChI=1S/C19H30N4O5S3/c1-4-23(5-2)31(27,28)16-7-6-14(3)17(12-16)22-19(29)20-10-8-18(24)21-15-9-11-30(25,26)13-15/h6-7,12,15H,4-5,8-11,13H2,1-3H3,(H,21,24)(H2,20,22,29). The molecule has 0 bridgehead atoms. The first-order valence-corrected chi connectivity index (χ1v) is 13.8. The molecule has 2 rings (SSSR count). The van der Waals surface area contributed by atoms with E-state index in [4.69, 9.17) is 12.2 Å². The van der Waals surface area contributed by atoms with Gasteiger partial charge in [0.2, 0.25) is 15.9 Å². The topological polar surface area (TPSA) is 125 Å². The molecule has 0 aromatic heterocycles. The Morgan fingerprint density at radius 2 is 1.94 bits per heavy atom. The number of thiocarbonyl (C=S) groups is 1. The van der Waals surface area contributed by atoms with Crippen LogP contribution in [0, 0.1) is 6.92 Å². The van der Waals surface area contributed by atoms with Gasteiger partial charge in [-0.2, -0.15) is 4.31 Å². The van der Waals surface area contributed by atoms with Gasteiger partial charge in [-0.3, -0.25) is 4.79 Å². The van der Waals surface area contributed by atoms with Crippen LogP contribution in [0.3, 0.4) is 0 Å². The molecule has 1 saturated heterocycles. The zero-order chi connectivity index (χ0) is 23.2. The molecule has 3 N–H and O–H groups in total. The average molecular weight is 491 g/mol. The van der Waals surface area contributed by atoms with E-state index in [-0.39, 0.29) is 46.4 Å². The van der Waals surface area contributed by atoms with Crippen LogP contribution in [0.4, 0.5) is 5.69 Å². The second-order valence-electron chi connectivity index (χ2n) is 7.36. The summed E-state index contributed by atoms with van der Waals surface area (Å²) in [6.45, 7) is 6.43. The van der Waals surface area contributed by atoms with Gasteiger partial charge in [-0.1, -0.05) is 19.9 Å². The highest BCUT2D eigenvalue weighted by Gasteiger charge is 2.28. The van der Waals surface area contributed by atoms with Gasteiger partial charge in [-0.15, -0.1) is 0 Å². The van der Waals surface area contributed by atoms with E-state index in [2.05, 4.69) is 16.0 Å². The van der Waals surface area contributed by atoms with Crippen LogP contribution in [0.5, 0.6) is 0 Å². The van der Waals surface area contributed by atoms with Crippen LogP contribution in [0.15, 0.2) is 23.1 Å². The van der Waals surface area contributed by atoms with E-state index in [1.807, 2.05) is 6.92 Å². The Labute approximate surface area is 189 Å². The van der Waals surface area contributed by atoms with Crippen molar-refractivity contribution in [2.75, 3.05) is 36.5 Å². The molecule has 1 unspecified atom stereocenters. The van der Waals surface area contributed by atoms with E-state index in [0.29, 0.717) is 25.2 Å². The van der Waals surface area contributed by atoms with E-state index < -0.39 is 19.9 Å². The molecule has 12 heteroatoms. The maximum atomic E-state index is 12.7. The van der Waals surface area contributed by atoms with Gasteiger partial charge in [0.05, 0.1) is 16.4 Å². The SMILES string of the molecule is CCN(CC)S(=O)(=O)c1ccc(C)c(NC(=S)NCCC(=O)NC2CCS(=O)(=O)C2)c1. The number of carbonyl (C=O) groups is 1. The second kappa shape index (κ2) is 10.7. The van der Waals surface area contributed by atoms with Gasteiger partial charge in [-0.25, -0.2) is 16.8 Å². The Bertz CT molecular complexity index is 1020. The molecule has 0 spiro atoms. The highest BCUT2D eigenvalue weighted by molar-refractivity contribution is 7.91. The third-order valence-corrected chi connectivity index (χ3v) is 9.10. The van der Waals surface area contributed by atoms with Crippen molar-refractivity contribution in [1.82, 2.24) is 14.9 Å². The van der Waals surface area contributed by atoms with Gasteiger partial charge >= 0.3 is 0 Å². The molecule has 1 atom stereocenters. The number of nitrogens with one attached hydrogen (secondary N) is 3. The summed E-state index contributed by atoms with van der Waals surface area (Å²) in [5, 5.41) is 8.88. The fourth-order valence-corrected chi connectivity index (χ4v) is 6.64. The number of benzene rings is 1. The quantitative estimate of drug-likeness (QED) is 0.438. The van der Waals surface area contributed by atoms with Crippen molar-refractivity contribution in [3.05, 3.63) is 23.8 Å². The zero-order valence-corrected chi connectivity index (χ0v) is 20.4. The Hall–Kier alpha value is -1.76. The summed E-state index contributed by atoms with van der Waals surface area (Å²) in [5.74, 6) is -0.161. The lowest BCUT2D eigenvalue weighted by atomic mass is 10.2. The van der Waals surface area contributed by atoms with Crippen molar-refractivity contribution in [3.63, 3.8) is 0 Å². The minimum Gasteiger partial charge on any atom is -0.362 e. The lowest BCUT2D eigenvalue weighted by Gasteiger charge is -2.20. The largest absolute Gasteiger partial charge is 0.362 e. The number of amides is 1. The summed E-state index contributed by atoms with van der Waals surface area (Å²) in [4.78, 5) is 12.2. The molecule has 1 heterocycles. The molecule has 31 heavy (non-hydrogen) atoms. The molecule has 174 valence electrons. The van der Waals surface area contributed by atoms with Crippen molar-refractivity contribution >= 4 is 48.8 Å². The minimum absolute atomic E-state index is 0.0157. The van der Waals surface area contributed by atoms with Crippen molar-refractivity contribution in [2.45, 2.75) is 44.6 Å². The lowest BCUT2D eigenvalue weighted by molar-refractivity contribution is -0.121. The lowest BCUT2D eigenvalue weighted by Crippen LogP contribution is -2.38. The fourth-order valence-electron chi connectivity index (χ4n) is 3.27. The van der Waals surface area contributed by atoms with Gasteiger partial charge in [-0.05, 0) is 43.3 Å². The average Bonchev–Trinajstić information content (AvgIpc) is 3.02. The van der Waals surface area contributed by atoms with E-state index in [1.54, 1.807) is 32.0 Å². The van der Waals surface area contributed by atoms with E-state index in [9.17, 15) is 21.6 Å². The van der Waals surface area contributed by atoms with Crippen molar-refractivity contribution in [2.24, 2.45) is 0 Å². The highest BCUT2D eigenvalue weighted by atomic mass is 32.2. The predicted molar refractivity (Wildman–Crippen MR) is 125 cm³/mol. The molecule has 1 amide bonds. The summed E-state index contributed by atoms with van der Waals surface area (Å²) in [6.07, 6.45) is 0.571. The van der Waals surface area contributed by atoms with Gasteiger partial charge < -0.3 is 16.0 Å². The molecule has 0 saturated carbocycles. The normalized spacial score (nSPS) is 18.0. The van der Waals surface area contributed by atoms with Crippen LogP contribution >= 0.6 is 12.2 Å². The molecule has 1 fully saturated rings. The van der Waals surface area contributed by atoms with Crippen LogP contribution in [0.25, 0.3) is 0 Å². The van der Waals surface area contributed by atoms with Gasteiger partial charge in [0.1, 0.15) is 0 Å². The number of hydrogen-bond donors (Lipinski definition) is 3. The summed E-state index contributed by atoms with van der Waals surface area (Å²) in [5.41, 5.74) is 1.38. The Morgan fingerprint density at radius 3 is 2.52 bits per heavy atom.